The van der Waals surface area contributed by atoms with Gasteiger partial charge in [-0.15, -0.1) is 0 Å². The zero-order valence-corrected chi connectivity index (χ0v) is 13.3. The lowest BCUT2D eigenvalue weighted by atomic mass is 10.1. The Morgan fingerprint density at radius 1 is 1.25 bits per heavy atom. The molecule has 2 heterocycles. The lowest BCUT2D eigenvalue weighted by Crippen LogP contribution is -2.20. The van der Waals surface area contributed by atoms with E-state index in [-0.39, 0.29) is 5.91 Å². The Hall–Kier alpha value is -3.21. The van der Waals surface area contributed by atoms with Crippen LogP contribution in [0.2, 0.25) is 0 Å². The first-order chi connectivity index (χ1) is 11.7. The van der Waals surface area contributed by atoms with Gasteiger partial charge in [0, 0.05) is 24.0 Å². The first-order valence-electron chi connectivity index (χ1n) is 7.58. The molecule has 3 rings (SSSR count). The molecule has 1 N–H and O–H groups in total. The van der Waals surface area contributed by atoms with Crippen molar-refractivity contribution in [3.8, 4) is 11.5 Å². The fourth-order valence-electron chi connectivity index (χ4n) is 2.10. The largest absolute Gasteiger partial charge is 0.444 e. The number of nitrogens with zero attached hydrogens (tertiary/aromatic N) is 2. The third-order valence-corrected chi connectivity index (χ3v) is 3.41. The Balaban J connectivity index is 1.56. The van der Waals surface area contributed by atoms with Gasteiger partial charge >= 0.3 is 0 Å². The monoisotopic (exact) mass is 319 g/mol. The average molecular weight is 319 g/mol. The summed E-state index contributed by atoms with van der Waals surface area (Å²) in [5.41, 5.74) is 3.64. The highest BCUT2D eigenvalue weighted by Crippen LogP contribution is 2.18. The number of oxazole rings is 1. The van der Waals surface area contributed by atoms with Crippen LogP contribution in [-0.2, 0) is 11.3 Å². The Labute approximate surface area is 140 Å². The van der Waals surface area contributed by atoms with E-state index in [0.29, 0.717) is 18.1 Å². The van der Waals surface area contributed by atoms with E-state index >= 15 is 0 Å². The van der Waals surface area contributed by atoms with Crippen LogP contribution in [0.15, 0.2) is 65.5 Å². The number of benzene rings is 1. The smallest absolute Gasteiger partial charge is 0.244 e. The molecule has 0 spiro atoms. The molecule has 1 aromatic carbocycles. The summed E-state index contributed by atoms with van der Waals surface area (Å²) in [4.78, 5) is 20.2. The van der Waals surface area contributed by atoms with Crippen molar-refractivity contribution in [2.75, 3.05) is 0 Å². The SMILES string of the molecule is Cc1ccc(-c2nc(CNC(=O)/C=C/c3cccnc3)co2)cc1. The van der Waals surface area contributed by atoms with Gasteiger partial charge in [0.1, 0.15) is 6.26 Å². The fraction of sp³-hybridized carbons (Fsp3) is 0.105. The van der Waals surface area contributed by atoms with Gasteiger partial charge in [-0.3, -0.25) is 9.78 Å². The molecule has 120 valence electrons. The minimum absolute atomic E-state index is 0.196. The van der Waals surface area contributed by atoms with Crippen molar-refractivity contribution in [2.45, 2.75) is 13.5 Å². The fourth-order valence-corrected chi connectivity index (χ4v) is 2.10. The molecule has 0 fully saturated rings. The van der Waals surface area contributed by atoms with E-state index < -0.39 is 0 Å². The van der Waals surface area contributed by atoms with Crippen molar-refractivity contribution in [1.29, 1.82) is 0 Å². The molecule has 24 heavy (non-hydrogen) atoms. The van der Waals surface area contributed by atoms with Crippen molar-refractivity contribution in [3.63, 3.8) is 0 Å². The molecular formula is C19H17N3O2. The van der Waals surface area contributed by atoms with E-state index in [1.165, 1.54) is 11.6 Å². The number of hydrogen-bond acceptors (Lipinski definition) is 4. The standard InChI is InChI=1S/C19H17N3O2/c1-14-4-7-16(8-5-14)19-22-17(13-24-19)12-21-18(23)9-6-15-3-2-10-20-11-15/h2-11,13H,12H2,1H3,(H,21,23)/b9-6+. The third-order valence-electron chi connectivity index (χ3n) is 3.41. The normalized spacial score (nSPS) is 10.9. The van der Waals surface area contributed by atoms with Gasteiger partial charge in [-0.2, -0.15) is 0 Å². The van der Waals surface area contributed by atoms with Gasteiger partial charge in [0.25, 0.3) is 0 Å². The van der Waals surface area contributed by atoms with Crippen molar-refractivity contribution < 1.29 is 9.21 Å². The van der Waals surface area contributed by atoms with Gasteiger partial charge in [0.2, 0.25) is 11.8 Å². The van der Waals surface area contributed by atoms with Crippen molar-refractivity contribution in [2.24, 2.45) is 0 Å². The van der Waals surface area contributed by atoms with Crippen molar-refractivity contribution in [1.82, 2.24) is 15.3 Å². The predicted octanol–water partition coefficient (Wildman–Crippen LogP) is 3.37. The summed E-state index contributed by atoms with van der Waals surface area (Å²) in [5.74, 6) is 0.351. The number of aryl methyl sites for hydroxylation is 1. The second kappa shape index (κ2) is 7.37. The predicted molar refractivity (Wildman–Crippen MR) is 91.8 cm³/mol. The maximum atomic E-state index is 11.8. The molecule has 0 atom stereocenters. The highest BCUT2D eigenvalue weighted by atomic mass is 16.3. The van der Waals surface area contributed by atoms with Crippen LogP contribution in [0.1, 0.15) is 16.8 Å². The van der Waals surface area contributed by atoms with Gasteiger partial charge in [-0.25, -0.2) is 4.98 Å². The summed E-state index contributed by atoms with van der Waals surface area (Å²) in [6.07, 6.45) is 8.12. The Morgan fingerprint density at radius 2 is 2.08 bits per heavy atom. The molecule has 0 radical (unpaired) electrons. The molecule has 0 saturated heterocycles. The number of pyridine rings is 1. The number of carbonyl (C=O) groups excluding carboxylic acids is 1. The zero-order valence-electron chi connectivity index (χ0n) is 13.3. The van der Waals surface area contributed by atoms with E-state index in [9.17, 15) is 4.79 Å². The van der Waals surface area contributed by atoms with Crippen molar-refractivity contribution >= 4 is 12.0 Å². The van der Waals surface area contributed by atoms with E-state index in [4.69, 9.17) is 4.42 Å². The highest BCUT2D eigenvalue weighted by molar-refractivity contribution is 5.91. The summed E-state index contributed by atoms with van der Waals surface area (Å²) in [6, 6.07) is 11.6. The highest BCUT2D eigenvalue weighted by Gasteiger charge is 2.07. The lowest BCUT2D eigenvalue weighted by molar-refractivity contribution is -0.116. The summed E-state index contributed by atoms with van der Waals surface area (Å²) in [7, 11) is 0. The minimum Gasteiger partial charge on any atom is -0.444 e. The van der Waals surface area contributed by atoms with Crippen LogP contribution in [0.5, 0.6) is 0 Å². The number of carbonyl (C=O) groups is 1. The summed E-state index contributed by atoms with van der Waals surface area (Å²) in [5, 5.41) is 2.77. The van der Waals surface area contributed by atoms with Gasteiger partial charge in [0.15, 0.2) is 0 Å². The Bertz CT molecular complexity index is 837. The quantitative estimate of drug-likeness (QED) is 0.732. The number of amides is 1. The first-order valence-corrected chi connectivity index (χ1v) is 7.58. The number of hydrogen-bond donors (Lipinski definition) is 1. The molecule has 0 saturated carbocycles. The number of nitrogens with one attached hydrogen (secondary N) is 1. The molecule has 0 bridgehead atoms. The van der Waals surface area contributed by atoms with Crippen LogP contribution in [0, 0.1) is 6.92 Å². The molecule has 0 unspecified atom stereocenters. The molecule has 5 heteroatoms. The van der Waals surface area contributed by atoms with Gasteiger partial charge in [-0.05, 0) is 36.8 Å². The molecule has 1 amide bonds. The number of rotatable bonds is 5. The summed E-state index contributed by atoms with van der Waals surface area (Å²) < 4.78 is 5.46. The first kappa shape index (κ1) is 15.7. The molecule has 5 nitrogen and oxygen atoms in total. The van der Waals surface area contributed by atoms with E-state index in [0.717, 1.165) is 11.1 Å². The lowest BCUT2D eigenvalue weighted by Gasteiger charge is -1.98. The maximum absolute atomic E-state index is 11.8. The second-order valence-corrected chi connectivity index (χ2v) is 5.35. The molecule has 0 aliphatic carbocycles. The van der Waals surface area contributed by atoms with Gasteiger partial charge in [0.05, 0.1) is 12.2 Å². The second-order valence-electron chi connectivity index (χ2n) is 5.35. The van der Waals surface area contributed by atoms with Crippen LogP contribution in [-0.4, -0.2) is 15.9 Å². The van der Waals surface area contributed by atoms with Crippen LogP contribution in [0.3, 0.4) is 0 Å². The Morgan fingerprint density at radius 3 is 2.83 bits per heavy atom. The van der Waals surface area contributed by atoms with Gasteiger partial charge in [-0.1, -0.05) is 23.8 Å². The minimum atomic E-state index is -0.196. The maximum Gasteiger partial charge on any atom is 0.244 e. The van der Waals surface area contributed by atoms with Crippen molar-refractivity contribution in [3.05, 3.63) is 78.0 Å². The van der Waals surface area contributed by atoms with Crippen LogP contribution >= 0.6 is 0 Å². The summed E-state index contributed by atoms with van der Waals surface area (Å²) in [6.45, 7) is 2.34. The zero-order chi connectivity index (χ0) is 16.8. The number of aromatic nitrogens is 2. The molecule has 3 aromatic rings. The average Bonchev–Trinajstić information content (AvgIpc) is 3.09. The van der Waals surface area contributed by atoms with Crippen LogP contribution in [0.4, 0.5) is 0 Å². The van der Waals surface area contributed by atoms with Gasteiger partial charge < -0.3 is 9.73 Å². The molecule has 0 aliphatic heterocycles. The van der Waals surface area contributed by atoms with E-state index in [1.54, 1.807) is 24.7 Å². The molecule has 2 aromatic heterocycles. The molecular weight excluding hydrogens is 302 g/mol. The van der Waals surface area contributed by atoms with Crippen LogP contribution in [0.25, 0.3) is 17.5 Å². The topological polar surface area (TPSA) is 68.0 Å². The Kier molecular flexibility index (Phi) is 4.81. The van der Waals surface area contributed by atoms with Crippen LogP contribution < -0.4 is 5.32 Å². The molecule has 0 aliphatic rings. The summed E-state index contributed by atoms with van der Waals surface area (Å²) >= 11 is 0. The third kappa shape index (κ3) is 4.16. The van der Waals surface area contributed by atoms with E-state index in [2.05, 4.69) is 15.3 Å². The van der Waals surface area contributed by atoms with E-state index in [1.807, 2.05) is 43.3 Å².